The number of furan rings is 1. The predicted molar refractivity (Wildman–Crippen MR) is 122 cm³/mol. The Kier molecular flexibility index (Phi) is 6.74. The summed E-state index contributed by atoms with van der Waals surface area (Å²) >= 11 is 1.40. The Morgan fingerprint density at radius 1 is 1.10 bits per heavy atom. The molecule has 158 valence electrons. The highest BCUT2D eigenvalue weighted by molar-refractivity contribution is 7.99. The molecule has 2 aromatic heterocycles. The monoisotopic (exact) mass is 433 g/mol. The number of hydrogen-bond donors (Lipinski definition) is 1. The molecule has 2 aromatic carbocycles. The van der Waals surface area contributed by atoms with Gasteiger partial charge < -0.3 is 19.0 Å². The second-order valence-corrected chi connectivity index (χ2v) is 7.69. The number of nitrogens with one attached hydrogen (secondary N) is 1. The number of ether oxygens (including phenoxy) is 1. The molecule has 0 saturated heterocycles. The van der Waals surface area contributed by atoms with E-state index >= 15 is 0 Å². The standard InChI is InChI=1S/C24H23N3O3S/c1-2-29-20-12-10-19(11-13-20)26-23(28)17-31-24-25-15-22(18-7-4-3-5-8-18)27(24)16-21-9-6-14-30-21/h3-15H,2,16-17H2,1H3,(H,26,28). The van der Waals surface area contributed by atoms with Gasteiger partial charge in [0.25, 0.3) is 0 Å². The fourth-order valence-electron chi connectivity index (χ4n) is 3.15. The summed E-state index contributed by atoms with van der Waals surface area (Å²) in [5.41, 5.74) is 2.77. The number of thioether (sulfide) groups is 1. The van der Waals surface area contributed by atoms with E-state index in [1.54, 1.807) is 6.26 Å². The number of anilines is 1. The van der Waals surface area contributed by atoms with Gasteiger partial charge in [-0.05, 0) is 48.9 Å². The Bertz CT molecular complexity index is 1110. The van der Waals surface area contributed by atoms with Crippen molar-refractivity contribution in [1.82, 2.24) is 9.55 Å². The van der Waals surface area contributed by atoms with E-state index < -0.39 is 0 Å². The molecule has 0 aliphatic heterocycles. The van der Waals surface area contributed by atoms with E-state index in [0.717, 1.165) is 33.6 Å². The topological polar surface area (TPSA) is 69.3 Å². The second kappa shape index (κ2) is 10.0. The van der Waals surface area contributed by atoms with E-state index in [0.29, 0.717) is 13.2 Å². The molecule has 0 spiro atoms. The Morgan fingerprint density at radius 2 is 1.90 bits per heavy atom. The van der Waals surface area contributed by atoms with Crippen molar-refractivity contribution in [2.75, 3.05) is 17.7 Å². The van der Waals surface area contributed by atoms with E-state index in [-0.39, 0.29) is 11.7 Å². The van der Waals surface area contributed by atoms with Crippen LogP contribution in [0.4, 0.5) is 5.69 Å². The molecule has 0 bridgehead atoms. The van der Waals surface area contributed by atoms with Gasteiger partial charge in [0.05, 0.1) is 37.1 Å². The molecule has 1 amide bonds. The van der Waals surface area contributed by atoms with E-state index in [1.165, 1.54) is 11.8 Å². The molecule has 0 fully saturated rings. The number of aromatic nitrogens is 2. The van der Waals surface area contributed by atoms with Crippen molar-refractivity contribution in [2.24, 2.45) is 0 Å². The summed E-state index contributed by atoms with van der Waals surface area (Å²) in [5, 5.41) is 3.68. The first-order valence-electron chi connectivity index (χ1n) is 10.0. The van der Waals surface area contributed by atoms with Gasteiger partial charge in [0.1, 0.15) is 11.5 Å². The van der Waals surface area contributed by atoms with Crippen LogP contribution in [0.15, 0.2) is 88.8 Å². The quantitative estimate of drug-likeness (QED) is 0.362. The van der Waals surface area contributed by atoms with Crippen molar-refractivity contribution < 1.29 is 13.9 Å². The number of imidazole rings is 1. The summed E-state index contributed by atoms with van der Waals surface area (Å²) in [5.74, 6) is 1.76. The lowest BCUT2D eigenvalue weighted by Gasteiger charge is -2.11. The fourth-order valence-corrected chi connectivity index (χ4v) is 3.93. The average Bonchev–Trinajstić information content (AvgIpc) is 3.45. The Labute approximate surface area is 185 Å². The Morgan fingerprint density at radius 3 is 2.61 bits per heavy atom. The Balaban J connectivity index is 1.46. The van der Waals surface area contributed by atoms with Crippen LogP contribution in [0.5, 0.6) is 5.75 Å². The minimum atomic E-state index is -0.0945. The molecule has 7 heteroatoms. The maximum absolute atomic E-state index is 12.5. The highest BCUT2D eigenvalue weighted by Gasteiger charge is 2.15. The van der Waals surface area contributed by atoms with Gasteiger partial charge in [-0.1, -0.05) is 42.1 Å². The number of rotatable bonds is 9. The molecule has 0 aliphatic carbocycles. The summed E-state index contributed by atoms with van der Waals surface area (Å²) in [6.45, 7) is 3.09. The zero-order valence-corrected chi connectivity index (χ0v) is 18.0. The molecular formula is C24H23N3O3S. The average molecular weight is 434 g/mol. The van der Waals surface area contributed by atoms with Crippen LogP contribution in [0.3, 0.4) is 0 Å². The molecule has 1 N–H and O–H groups in total. The molecule has 0 atom stereocenters. The van der Waals surface area contributed by atoms with Gasteiger partial charge in [0.15, 0.2) is 5.16 Å². The minimum absolute atomic E-state index is 0.0945. The zero-order valence-electron chi connectivity index (χ0n) is 17.2. The largest absolute Gasteiger partial charge is 0.494 e. The van der Waals surface area contributed by atoms with Crippen molar-refractivity contribution in [3.8, 4) is 17.0 Å². The van der Waals surface area contributed by atoms with Crippen molar-refractivity contribution >= 4 is 23.4 Å². The third-order valence-corrected chi connectivity index (χ3v) is 5.55. The number of benzene rings is 2. The number of carbonyl (C=O) groups excluding carboxylic acids is 1. The number of amides is 1. The van der Waals surface area contributed by atoms with Crippen LogP contribution >= 0.6 is 11.8 Å². The first-order valence-corrected chi connectivity index (χ1v) is 11.0. The van der Waals surface area contributed by atoms with Crippen LogP contribution in [-0.4, -0.2) is 27.8 Å². The molecule has 0 saturated carbocycles. The van der Waals surface area contributed by atoms with Gasteiger partial charge >= 0.3 is 0 Å². The first-order chi connectivity index (χ1) is 15.2. The smallest absolute Gasteiger partial charge is 0.234 e. The number of hydrogen-bond acceptors (Lipinski definition) is 5. The number of nitrogens with zero attached hydrogens (tertiary/aromatic N) is 2. The highest BCUT2D eigenvalue weighted by Crippen LogP contribution is 2.27. The maximum atomic E-state index is 12.5. The maximum Gasteiger partial charge on any atom is 0.234 e. The van der Waals surface area contributed by atoms with Gasteiger partial charge in [-0.2, -0.15) is 0 Å². The summed E-state index contributed by atoms with van der Waals surface area (Å²) in [6.07, 6.45) is 3.50. The lowest BCUT2D eigenvalue weighted by Crippen LogP contribution is -2.14. The Hall–Kier alpha value is -3.45. The van der Waals surface area contributed by atoms with Gasteiger partial charge in [-0.25, -0.2) is 4.98 Å². The second-order valence-electron chi connectivity index (χ2n) is 6.75. The van der Waals surface area contributed by atoms with Crippen molar-refractivity contribution in [3.63, 3.8) is 0 Å². The van der Waals surface area contributed by atoms with E-state index in [2.05, 4.69) is 14.9 Å². The van der Waals surface area contributed by atoms with Crippen molar-refractivity contribution in [3.05, 3.63) is 85.0 Å². The molecule has 4 rings (SSSR count). The summed E-state index contributed by atoms with van der Waals surface area (Å²) in [4.78, 5) is 17.1. The van der Waals surface area contributed by atoms with E-state index in [4.69, 9.17) is 9.15 Å². The summed E-state index contributed by atoms with van der Waals surface area (Å²) < 4.78 is 13.0. The molecule has 0 radical (unpaired) electrons. The molecular weight excluding hydrogens is 410 g/mol. The van der Waals surface area contributed by atoms with E-state index in [1.807, 2.05) is 79.9 Å². The third-order valence-electron chi connectivity index (χ3n) is 4.56. The normalized spacial score (nSPS) is 10.7. The molecule has 0 unspecified atom stereocenters. The highest BCUT2D eigenvalue weighted by atomic mass is 32.2. The van der Waals surface area contributed by atoms with Crippen LogP contribution in [-0.2, 0) is 11.3 Å². The zero-order chi connectivity index (χ0) is 21.5. The van der Waals surface area contributed by atoms with Gasteiger partial charge in [0.2, 0.25) is 5.91 Å². The van der Waals surface area contributed by atoms with Crippen molar-refractivity contribution in [1.29, 1.82) is 0 Å². The van der Waals surface area contributed by atoms with Crippen molar-refractivity contribution in [2.45, 2.75) is 18.6 Å². The lowest BCUT2D eigenvalue weighted by molar-refractivity contribution is -0.113. The first kappa shape index (κ1) is 20.8. The SMILES string of the molecule is CCOc1ccc(NC(=O)CSc2ncc(-c3ccccc3)n2Cc2ccco2)cc1. The van der Waals surface area contributed by atoms with Crippen LogP contribution < -0.4 is 10.1 Å². The van der Waals surface area contributed by atoms with Crippen LogP contribution in [0.1, 0.15) is 12.7 Å². The molecule has 4 aromatic rings. The minimum Gasteiger partial charge on any atom is -0.494 e. The van der Waals surface area contributed by atoms with Crippen LogP contribution in [0.2, 0.25) is 0 Å². The summed E-state index contributed by atoms with van der Waals surface area (Å²) in [6, 6.07) is 21.2. The third kappa shape index (κ3) is 5.38. The fraction of sp³-hybridized carbons (Fsp3) is 0.167. The number of carbonyl (C=O) groups is 1. The summed E-state index contributed by atoms with van der Waals surface area (Å²) in [7, 11) is 0. The van der Waals surface area contributed by atoms with Crippen LogP contribution in [0.25, 0.3) is 11.3 Å². The lowest BCUT2D eigenvalue weighted by atomic mass is 10.2. The van der Waals surface area contributed by atoms with Gasteiger partial charge in [-0.15, -0.1) is 0 Å². The van der Waals surface area contributed by atoms with Gasteiger partial charge in [0, 0.05) is 5.69 Å². The molecule has 6 nitrogen and oxygen atoms in total. The van der Waals surface area contributed by atoms with E-state index in [9.17, 15) is 4.79 Å². The molecule has 31 heavy (non-hydrogen) atoms. The molecule has 2 heterocycles. The van der Waals surface area contributed by atoms with Gasteiger partial charge in [-0.3, -0.25) is 4.79 Å². The van der Waals surface area contributed by atoms with Crippen LogP contribution in [0, 0.1) is 0 Å². The molecule has 0 aliphatic rings. The predicted octanol–water partition coefficient (Wildman–Crippen LogP) is 5.32.